The smallest absolute Gasteiger partial charge is 0.318 e. The second-order valence-electron chi connectivity index (χ2n) is 10.6. The lowest BCUT2D eigenvalue weighted by molar-refractivity contribution is -0.135. The molecule has 0 radical (unpaired) electrons. The van der Waals surface area contributed by atoms with Crippen LogP contribution in [0.25, 0.3) is 0 Å². The summed E-state index contributed by atoms with van der Waals surface area (Å²) >= 11 is 1.73. The van der Waals surface area contributed by atoms with Gasteiger partial charge in [0.2, 0.25) is 5.91 Å². The van der Waals surface area contributed by atoms with E-state index in [1.807, 2.05) is 37.8 Å². The molecule has 0 spiro atoms. The van der Waals surface area contributed by atoms with Gasteiger partial charge in [-0.15, -0.1) is 11.3 Å². The summed E-state index contributed by atoms with van der Waals surface area (Å²) in [5.74, 6) is 1.18. The lowest BCUT2D eigenvalue weighted by Gasteiger charge is -2.37. The number of thiophene rings is 1. The van der Waals surface area contributed by atoms with Crippen LogP contribution < -0.4 is 10.1 Å². The molecule has 1 aliphatic rings. The minimum absolute atomic E-state index is 0.0185. The van der Waals surface area contributed by atoms with Crippen molar-refractivity contribution in [1.29, 1.82) is 0 Å². The Morgan fingerprint density at radius 2 is 1.92 bits per heavy atom. The second kappa shape index (κ2) is 12.6. The lowest BCUT2D eigenvalue weighted by atomic mass is 10.00. The molecule has 1 aliphatic heterocycles. The molecule has 0 saturated carbocycles. The number of hydrogen-bond acceptors (Lipinski definition) is 5. The summed E-state index contributed by atoms with van der Waals surface area (Å²) in [4.78, 5) is 31.4. The summed E-state index contributed by atoms with van der Waals surface area (Å²) in [6.07, 6.45) is 1.48. The number of hydrogen-bond donors (Lipinski definition) is 1. The van der Waals surface area contributed by atoms with E-state index in [9.17, 15) is 9.59 Å². The van der Waals surface area contributed by atoms with E-state index in [-0.39, 0.29) is 24.5 Å². The Bertz CT molecular complexity index is 997. The number of carbonyl (C=O) groups is 2. The Kier molecular flexibility index (Phi) is 9.79. The predicted octanol–water partition coefficient (Wildman–Crippen LogP) is 5.22. The molecule has 2 heterocycles. The first kappa shape index (κ1) is 28.0. The molecule has 1 atom stereocenters. The fraction of sp³-hybridized carbons (Fsp3) is 0.571. The average Bonchev–Trinajstić information content (AvgIpc) is 3.30. The third-order valence-electron chi connectivity index (χ3n) is 6.24. The molecule has 7 nitrogen and oxygen atoms in total. The van der Waals surface area contributed by atoms with Gasteiger partial charge < -0.3 is 24.6 Å². The number of urea groups is 1. The molecule has 0 bridgehead atoms. The highest BCUT2D eigenvalue weighted by Gasteiger charge is 2.34. The van der Waals surface area contributed by atoms with Crippen molar-refractivity contribution in [2.75, 3.05) is 40.0 Å². The molecule has 0 fully saturated rings. The van der Waals surface area contributed by atoms with E-state index >= 15 is 0 Å². The number of rotatable bonds is 10. The summed E-state index contributed by atoms with van der Waals surface area (Å²) in [7, 11) is 1.64. The van der Waals surface area contributed by atoms with Crippen molar-refractivity contribution in [3.63, 3.8) is 0 Å². The van der Waals surface area contributed by atoms with Crippen molar-refractivity contribution in [3.8, 4) is 5.75 Å². The third kappa shape index (κ3) is 7.71. The molecule has 3 rings (SSSR count). The topological polar surface area (TPSA) is 71.1 Å². The zero-order chi connectivity index (χ0) is 26.3. The molecule has 198 valence electrons. The highest BCUT2D eigenvalue weighted by molar-refractivity contribution is 7.10. The molecule has 2 aromatic rings. The summed E-state index contributed by atoms with van der Waals surface area (Å²) in [6.45, 7) is 12.1. The van der Waals surface area contributed by atoms with Crippen molar-refractivity contribution in [2.24, 2.45) is 0 Å². The van der Waals surface area contributed by atoms with Gasteiger partial charge in [0.15, 0.2) is 0 Å². The maximum Gasteiger partial charge on any atom is 0.318 e. The number of carbonyl (C=O) groups excluding carboxylic acids is 2. The highest BCUT2D eigenvalue weighted by Crippen LogP contribution is 2.34. The van der Waals surface area contributed by atoms with Gasteiger partial charge in [0.1, 0.15) is 18.9 Å². The predicted molar refractivity (Wildman–Crippen MR) is 145 cm³/mol. The minimum Gasteiger partial charge on any atom is -0.491 e. The van der Waals surface area contributed by atoms with Gasteiger partial charge in [0.25, 0.3) is 0 Å². The van der Waals surface area contributed by atoms with Gasteiger partial charge in [-0.3, -0.25) is 4.79 Å². The molecule has 36 heavy (non-hydrogen) atoms. The van der Waals surface area contributed by atoms with Crippen LogP contribution in [0.1, 0.15) is 69.0 Å². The van der Waals surface area contributed by atoms with Crippen molar-refractivity contribution in [2.45, 2.75) is 65.0 Å². The maximum absolute atomic E-state index is 13.6. The Balaban J connectivity index is 1.74. The van der Waals surface area contributed by atoms with Crippen molar-refractivity contribution >= 4 is 23.3 Å². The number of methoxy groups -OCH3 is 1. The standard InChI is InChI=1S/C28H41N3O4S/c1-20(2)21-8-10-22(11-9-21)35-19-24-23-13-17-36-25(23)12-15-31(24)26(32)18-30(14-7-16-34-6)27(33)29-28(3,4)5/h8-11,13,17,20,24H,7,12,14-16,18-19H2,1-6H3,(H,29,33)/t24-/m1/s1. The highest BCUT2D eigenvalue weighted by atomic mass is 32.1. The largest absolute Gasteiger partial charge is 0.491 e. The molecule has 0 saturated heterocycles. The summed E-state index contributed by atoms with van der Waals surface area (Å²) < 4.78 is 11.4. The van der Waals surface area contributed by atoms with Gasteiger partial charge >= 0.3 is 6.03 Å². The molecule has 0 unspecified atom stereocenters. The van der Waals surface area contributed by atoms with Crippen LogP contribution in [0.5, 0.6) is 5.75 Å². The molecule has 1 aromatic carbocycles. The monoisotopic (exact) mass is 515 g/mol. The van der Waals surface area contributed by atoms with Crippen LogP contribution in [0.3, 0.4) is 0 Å². The number of benzene rings is 1. The molecule has 8 heteroatoms. The van der Waals surface area contributed by atoms with Gasteiger partial charge in [-0.05, 0) is 74.2 Å². The van der Waals surface area contributed by atoms with E-state index in [0.717, 1.165) is 17.7 Å². The number of fused-ring (bicyclic) bond motifs is 1. The number of nitrogens with zero attached hydrogens (tertiary/aromatic N) is 2. The SMILES string of the molecule is COCCCN(CC(=O)N1CCc2sccc2[C@H]1COc1ccc(C(C)C)cc1)C(=O)NC(C)(C)C. The summed E-state index contributed by atoms with van der Waals surface area (Å²) in [5.41, 5.74) is 2.01. The van der Waals surface area contributed by atoms with E-state index in [1.54, 1.807) is 23.3 Å². The van der Waals surface area contributed by atoms with Crippen LogP contribution in [0.4, 0.5) is 4.79 Å². The van der Waals surface area contributed by atoms with Crippen LogP contribution >= 0.6 is 11.3 Å². The maximum atomic E-state index is 13.6. The molecular weight excluding hydrogens is 474 g/mol. The normalized spacial score (nSPS) is 15.5. The molecular formula is C28H41N3O4S. The van der Waals surface area contributed by atoms with Crippen molar-refractivity contribution in [3.05, 3.63) is 51.7 Å². The first-order valence-corrected chi connectivity index (χ1v) is 13.6. The van der Waals surface area contributed by atoms with Crippen LogP contribution in [0.2, 0.25) is 0 Å². The summed E-state index contributed by atoms with van der Waals surface area (Å²) in [5, 5.41) is 5.07. The number of amides is 3. The summed E-state index contributed by atoms with van der Waals surface area (Å²) in [6, 6.07) is 9.83. The first-order valence-electron chi connectivity index (χ1n) is 12.7. The van der Waals surface area contributed by atoms with Gasteiger partial charge in [-0.25, -0.2) is 4.79 Å². The van der Waals surface area contributed by atoms with Gasteiger partial charge in [-0.2, -0.15) is 0 Å². The Morgan fingerprint density at radius 3 is 2.56 bits per heavy atom. The fourth-order valence-electron chi connectivity index (χ4n) is 4.30. The molecule has 1 aromatic heterocycles. The van der Waals surface area contributed by atoms with Crippen LogP contribution in [-0.2, 0) is 16.0 Å². The molecule has 1 N–H and O–H groups in total. The fourth-order valence-corrected chi connectivity index (χ4v) is 5.23. The average molecular weight is 516 g/mol. The number of nitrogens with one attached hydrogen (secondary N) is 1. The van der Waals surface area contributed by atoms with Crippen LogP contribution in [0.15, 0.2) is 35.7 Å². The Morgan fingerprint density at radius 1 is 1.19 bits per heavy atom. The van der Waals surface area contributed by atoms with Crippen LogP contribution in [0, 0.1) is 0 Å². The van der Waals surface area contributed by atoms with Crippen molar-refractivity contribution in [1.82, 2.24) is 15.1 Å². The van der Waals surface area contributed by atoms with Gasteiger partial charge in [0, 0.05) is 37.2 Å². The van der Waals surface area contributed by atoms with E-state index in [1.165, 1.54) is 10.4 Å². The lowest BCUT2D eigenvalue weighted by Crippen LogP contribution is -2.53. The zero-order valence-corrected chi connectivity index (χ0v) is 23.3. The van der Waals surface area contributed by atoms with Gasteiger partial charge in [0.05, 0.1) is 6.04 Å². The molecule has 3 amide bonds. The number of ether oxygens (including phenoxy) is 2. The third-order valence-corrected chi connectivity index (χ3v) is 7.24. The zero-order valence-electron chi connectivity index (χ0n) is 22.5. The van der Waals surface area contributed by atoms with E-state index < -0.39 is 5.54 Å². The van der Waals surface area contributed by atoms with E-state index in [2.05, 4.69) is 42.7 Å². The second-order valence-corrected chi connectivity index (χ2v) is 11.6. The minimum atomic E-state index is -0.391. The van der Waals surface area contributed by atoms with Crippen LogP contribution in [-0.4, -0.2) is 67.2 Å². The Labute approximate surface area is 219 Å². The molecule has 0 aliphatic carbocycles. The Hall–Kier alpha value is -2.58. The quantitative estimate of drug-likeness (QED) is 0.440. The van der Waals surface area contributed by atoms with Crippen molar-refractivity contribution < 1.29 is 19.1 Å². The first-order chi connectivity index (χ1) is 17.1. The van der Waals surface area contributed by atoms with E-state index in [0.29, 0.717) is 38.6 Å². The van der Waals surface area contributed by atoms with Gasteiger partial charge in [-0.1, -0.05) is 26.0 Å². The van der Waals surface area contributed by atoms with E-state index in [4.69, 9.17) is 9.47 Å².